The van der Waals surface area contributed by atoms with Gasteiger partial charge in [0.25, 0.3) is 0 Å². The van der Waals surface area contributed by atoms with Crippen LogP contribution in [0.2, 0.25) is 0 Å². The number of aromatic nitrogens is 3. The first kappa shape index (κ1) is 16.7. The van der Waals surface area contributed by atoms with Gasteiger partial charge in [-0.1, -0.05) is 18.7 Å². The van der Waals surface area contributed by atoms with Gasteiger partial charge in [0.05, 0.1) is 5.69 Å². The zero-order valence-electron chi connectivity index (χ0n) is 10.6. The molecule has 21 heavy (non-hydrogen) atoms. The predicted molar refractivity (Wildman–Crippen MR) is 82.5 cm³/mol. The van der Waals surface area contributed by atoms with Gasteiger partial charge in [-0.25, -0.2) is 9.97 Å². The van der Waals surface area contributed by atoms with Crippen molar-refractivity contribution in [3.63, 3.8) is 0 Å². The molecule has 0 bridgehead atoms. The minimum absolute atomic E-state index is 0.104. The van der Waals surface area contributed by atoms with E-state index in [1.165, 1.54) is 11.3 Å². The summed E-state index contributed by atoms with van der Waals surface area (Å²) < 4.78 is 38.7. The second-order valence-corrected chi connectivity index (χ2v) is 7.65. The number of halogens is 4. The molecule has 4 nitrogen and oxygen atoms in total. The highest BCUT2D eigenvalue weighted by molar-refractivity contribution is 14.1. The molecular weight excluding hydrogens is 438 g/mol. The van der Waals surface area contributed by atoms with Crippen molar-refractivity contribution in [1.29, 1.82) is 0 Å². The van der Waals surface area contributed by atoms with Crippen molar-refractivity contribution in [2.45, 2.75) is 30.4 Å². The molecule has 0 saturated carbocycles. The molecular formula is C11H9F3IN3OS2. The number of thiazole rings is 1. The maximum Gasteiger partial charge on any atom is 0.433 e. The Balaban J connectivity index is 2.18. The van der Waals surface area contributed by atoms with E-state index in [2.05, 4.69) is 37.5 Å². The number of aromatic hydroxyl groups is 1. The number of hydrogen-bond acceptors (Lipinski definition) is 6. The number of aryl methyl sites for hydroxylation is 1. The molecule has 1 N–H and O–H groups in total. The lowest BCUT2D eigenvalue weighted by Gasteiger charge is -2.07. The highest BCUT2D eigenvalue weighted by Gasteiger charge is 2.33. The van der Waals surface area contributed by atoms with Crippen molar-refractivity contribution in [2.75, 3.05) is 0 Å². The van der Waals surface area contributed by atoms with E-state index in [4.69, 9.17) is 0 Å². The Bertz CT molecular complexity index is 648. The van der Waals surface area contributed by atoms with Crippen molar-refractivity contribution < 1.29 is 18.3 Å². The monoisotopic (exact) mass is 447 g/mol. The van der Waals surface area contributed by atoms with Gasteiger partial charge >= 0.3 is 6.18 Å². The number of hydrogen-bond donors (Lipinski definition) is 1. The molecule has 2 heterocycles. The zero-order chi connectivity index (χ0) is 15.6. The average Bonchev–Trinajstić information content (AvgIpc) is 2.75. The largest absolute Gasteiger partial charge is 0.493 e. The maximum atomic E-state index is 12.6. The lowest BCUT2D eigenvalue weighted by molar-refractivity contribution is -0.141. The van der Waals surface area contributed by atoms with Crippen molar-refractivity contribution in [1.82, 2.24) is 15.0 Å². The van der Waals surface area contributed by atoms with Crippen LogP contribution in [0.5, 0.6) is 5.88 Å². The summed E-state index contributed by atoms with van der Waals surface area (Å²) in [6.45, 7) is 1.96. The van der Waals surface area contributed by atoms with Crippen molar-refractivity contribution in [2.24, 2.45) is 0 Å². The van der Waals surface area contributed by atoms with E-state index in [0.717, 1.165) is 31.8 Å². The molecule has 0 radical (unpaired) electrons. The van der Waals surface area contributed by atoms with Crippen LogP contribution in [0.15, 0.2) is 11.2 Å². The quantitative estimate of drug-likeness (QED) is 0.434. The minimum Gasteiger partial charge on any atom is -0.493 e. The van der Waals surface area contributed by atoms with Crippen LogP contribution in [0.3, 0.4) is 0 Å². The standard InChI is InChI=1S/C11H9F3IN3OS2/c1-2-5-6(21-9(15)16-5)4-20-10-17-7(11(12,13)14)3-8(19)18-10/h3H,2,4H2,1H3,(H,17,18,19). The van der Waals surface area contributed by atoms with Crippen molar-refractivity contribution in [3.05, 3.63) is 25.3 Å². The molecule has 0 aliphatic heterocycles. The van der Waals surface area contributed by atoms with Crippen LogP contribution >= 0.6 is 45.7 Å². The SMILES string of the molecule is CCc1nc(I)sc1CSc1nc(O)cc(C(F)(F)F)n1. The Labute approximate surface area is 140 Å². The molecule has 0 saturated heterocycles. The highest BCUT2D eigenvalue weighted by atomic mass is 127. The lowest BCUT2D eigenvalue weighted by Crippen LogP contribution is -2.09. The zero-order valence-corrected chi connectivity index (χ0v) is 14.4. The Kier molecular flexibility index (Phi) is 5.30. The van der Waals surface area contributed by atoms with Gasteiger partial charge in [0.1, 0.15) is 0 Å². The summed E-state index contributed by atoms with van der Waals surface area (Å²) in [5, 5.41) is 9.18. The first-order valence-corrected chi connectivity index (χ1v) is 8.59. The molecule has 0 unspecified atom stereocenters. The van der Waals surface area contributed by atoms with E-state index in [1.807, 2.05) is 6.92 Å². The molecule has 0 spiro atoms. The predicted octanol–water partition coefficient (Wildman–Crippen LogP) is 4.12. The smallest absolute Gasteiger partial charge is 0.433 e. The van der Waals surface area contributed by atoms with Crippen LogP contribution in [-0.4, -0.2) is 20.1 Å². The molecule has 0 atom stereocenters. The van der Waals surface area contributed by atoms with Gasteiger partial charge in [0, 0.05) is 16.7 Å². The van der Waals surface area contributed by atoms with Gasteiger partial charge in [0.15, 0.2) is 13.9 Å². The highest BCUT2D eigenvalue weighted by Crippen LogP contribution is 2.32. The Morgan fingerprint density at radius 1 is 1.33 bits per heavy atom. The van der Waals surface area contributed by atoms with E-state index < -0.39 is 17.8 Å². The number of alkyl halides is 3. The first-order valence-electron chi connectivity index (χ1n) is 5.71. The van der Waals surface area contributed by atoms with Gasteiger partial charge in [-0.2, -0.15) is 18.2 Å². The summed E-state index contributed by atoms with van der Waals surface area (Å²) in [5.74, 6) is -0.264. The van der Waals surface area contributed by atoms with E-state index in [1.54, 1.807) is 0 Å². The van der Waals surface area contributed by atoms with Crippen LogP contribution in [0.1, 0.15) is 23.2 Å². The van der Waals surface area contributed by atoms with E-state index >= 15 is 0 Å². The summed E-state index contributed by atoms with van der Waals surface area (Å²) in [7, 11) is 0. The van der Waals surface area contributed by atoms with Gasteiger partial charge < -0.3 is 5.11 Å². The van der Waals surface area contributed by atoms with Gasteiger partial charge in [-0.05, 0) is 29.0 Å². The maximum absolute atomic E-state index is 12.6. The molecule has 2 rings (SSSR count). The normalized spacial score (nSPS) is 11.9. The molecule has 2 aromatic heterocycles. The van der Waals surface area contributed by atoms with Gasteiger partial charge in [-0.3, -0.25) is 0 Å². The van der Waals surface area contributed by atoms with Crippen molar-refractivity contribution >= 4 is 45.7 Å². The third kappa shape index (κ3) is 4.42. The summed E-state index contributed by atoms with van der Waals surface area (Å²) in [5.41, 5.74) is -0.222. The average molecular weight is 447 g/mol. The van der Waals surface area contributed by atoms with Crippen LogP contribution in [0.4, 0.5) is 13.2 Å². The summed E-state index contributed by atoms with van der Waals surface area (Å²) in [4.78, 5) is 12.4. The Hall–Kier alpha value is -0.620. The first-order chi connectivity index (χ1) is 9.79. The number of thioether (sulfide) groups is 1. The molecule has 0 aromatic carbocycles. The summed E-state index contributed by atoms with van der Waals surface area (Å²) >= 11 is 4.64. The second-order valence-electron chi connectivity index (χ2n) is 3.87. The minimum atomic E-state index is -4.61. The molecule has 10 heteroatoms. The molecule has 0 aliphatic rings. The van der Waals surface area contributed by atoms with E-state index in [-0.39, 0.29) is 5.16 Å². The summed E-state index contributed by atoms with van der Waals surface area (Å²) in [6.07, 6.45) is -3.85. The molecule has 0 amide bonds. The van der Waals surface area contributed by atoms with Crippen LogP contribution < -0.4 is 0 Å². The topological polar surface area (TPSA) is 58.9 Å². The number of rotatable bonds is 4. The van der Waals surface area contributed by atoms with E-state index in [0.29, 0.717) is 11.8 Å². The second kappa shape index (κ2) is 6.65. The molecule has 2 aromatic rings. The van der Waals surface area contributed by atoms with Crippen molar-refractivity contribution in [3.8, 4) is 5.88 Å². The fourth-order valence-electron chi connectivity index (χ4n) is 1.49. The molecule has 114 valence electrons. The van der Waals surface area contributed by atoms with Gasteiger partial charge in [0.2, 0.25) is 5.88 Å². The number of nitrogens with zero attached hydrogens (tertiary/aromatic N) is 3. The Morgan fingerprint density at radius 3 is 2.67 bits per heavy atom. The van der Waals surface area contributed by atoms with E-state index in [9.17, 15) is 18.3 Å². The summed E-state index contributed by atoms with van der Waals surface area (Å²) in [6, 6.07) is 0.511. The van der Waals surface area contributed by atoms with Crippen LogP contribution in [0.25, 0.3) is 0 Å². The van der Waals surface area contributed by atoms with Gasteiger partial charge in [-0.15, -0.1) is 11.3 Å². The third-order valence-electron chi connectivity index (χ3n) is 2.40. The molecule has 0 aliphatic carbocycles. The van der Waals surface area contributed by atoms with Crippen LogP contribution in [0, 0.1) is 3.01 Å². The molecule has 0 fully saturated rings. The third-order valence-corrected chi connectivity index (χ3v) is 5.25. The Morgan fingerprint density at radius 2 is 2.05 bits per heavy atom. The fraction of sp³-hybridized carbons (Fsp3) is 0.364. The lowest BCUT2D eigenvalue weighted by atomic mass is 10.3. The van der Waals surface area contributed by atoms with Crippen LogP contribution in [-0.2, 0) is 18.3 Å². The fourth-order valence-corrected chi connectivity index (χ4v) is 4.41.